The molecule has 0 aliphatic heterocycles. The molecule has 0 saturated heterocycles. The van der Waals surface area contributed by atoms with Gasteiger partial charge < -0.3 is 33.3 Å². The number of esters is 2. The van der Waals surface area contributed by atoms with Crippen LogP contribution in [0, 0.1) is 0 Å². The molecule has 0 heterocycles. The predicted molar refractivity (Wildman–Crippen MR) is 426 cm³/mol. The summed E-state index contributed by atoms with van der Waals surface area (Å²) in [6.07, 6.45) is 113. The number of nitrogens with zero attached hydrogens (tertiary/aromatic N) is 1. The van der Waals surface area contributed by atoms with Crippen molar-refractivity contribution in [3.8, 4) is 0 Å². The first-order valence-electron chi connectivity index (χ1n) is 41.0. The molecule has 566 valence electrons. The number of likely N-dealkylation sites (N-methyl/N-ethyl adjacent to an activating group) is 1. The number of hydrogen-bond acceptors (Lipinski definition) is 8. The van der Waals surface area contributed by atoms with Crippen LogP contribution in [0.4, 0.5) is 0 Å². The zero-order valence-corrected chi connectivity index (χ0v) is 64.8. The normalized spacial score (nSPS) is 13.4. The fraction of sp³-hybridized carbons (Fsp3) is 0.700. The molecule has 0 aliphatic rings. The average molecular weight is 1380 g/mol. The van der Waals surface area contributed by atoms with Crippen LogP contribution in [-0.2, 0) is 33.3 Å². The molecule has 0 aromatic carbocycles. The van der Waals surface area contributed by atoms with Gasteiger partial charge in [0.05, 0.1) is 40.3 Å². The molecule has 2 atom stereocenters. The molecule has 0 N–H and O–H groups in total. The monoisotopic (exact) mass is 1380 g/mol. The van der Waals surface area contributed by atoms with Crippen LogP contribution in [0.15, 0.2) is 146 Å². The predicted octanol–water partition coefficient (Wildman–Crippen LogP) is 25.3. The molecule has 0 rings (SSSR count). The summed E-state index contributed by atoms with van der Waals surface area (Å²) in [4.78, 5) is 37.6. The van der Waals surface area contributed by atoms with Crippen molar-refractivity contribution in [3.63, 3.8) is 0 Å². The molecule has 0 aromatic heterocycles. The summed E-state index contributed by atoms with van der Waals surface area (Å²) in [6.45, 7) is 4.55. The Balaban J connectivity index is 4.00. The Morgan fingerprint density at radius 2 is 0.545 bits per heavy atom. The third-order valence-electron chi connectivity index (χ3n) is 17.6. The van der Waals surface area contributed by atoms with Crippen molar-refractivity contribution in [2.24, 2.45) is 0 Å². The zero-order valence-electron chi connectivity index (χ0n) is 64.8. The van der Waals surface area contributed by atoms with Crippen molar-refractivity contribution < 1.29 is 42.9 Å². The summed E-state index contributed by atoms with van der Waals surface area (Å²) in [6, 6.07) is 0. The van der Waals surface area contributed by atoms with Gasteiger partial charge in [-0.15, -0.1) is 0 Å². The summed E-state index contributed by atoms with van der Waals surface area (Å²) in [7, 11) is 5.94. The van der Waals surface area contributed by atoms with Gasteiger partial charge in [0, 0.05) is 12.8 Å². The topological polar surface area (TPSA) is 111 Å². The van der Waals surface area contributed by atoms with E-state index in [1.165, 1.54) is 205 Å². The van der Waals surface area contributed by atoms with Crippen molar-refractivity contribution >= 4 is 17.9 Å². The minimum Gasteiger partial charge on any atom is -0.545 e. The average Bonchev–Trinajstić information content (AvgIpc) is 2.62. The number of carboxylic acid groups (broad SMARTS) is 1. The first-order chi connectivity index (χ1) is 48.6. The summed E-state index contributed by atoms with van der Waals surface area (Å²) in [5.74, 6) is -2.27. The molecular formula is C90H153NO8. The number of carbonyl (C=O) groups is 3. The molecule has 99 heavy (non-hydrogen) atoms. The Labute approximate surface area is 611 Å². The second-order valence-electron chi connectivity index (χ2n) is 28.3. The first-order valence-corrected chi connectivity index (χ1v) is 41.0. The van der Waals surface area contributed by atoms with E-state index in [-0.39, 0.29) is 38.6 Å². The molecule has 0 spiro atoms. The van der Waals surface area contributed by atoms with Gasteiger partial charge in [0.2, 0.25) is 0 Å². The Kier molecular flexibility index (Phi) is 75.0. The molecule has 0 saturated carbocycles. The maximum absolute atomic E-state index is 13.0. The van der Waals surface area contributed by atoms with Gasteiger partial charge in [-0.1, -0.05) is 365 Å². The number of quaternary nitrogens is 1. The van der Waals surface area contributed by atoms with E-state index < -0.39 is 24.3 Å². The van der Waals surface area contributed by atoms with Crippen LogP contribution in [-0.4, -0.2) is 82.3 Å². The number of allylic oxidation sites excluding steroid dienone is 24. The van der Waals surface area contributed by atoms with Gasteiger partial charge in [-0.25, -0.2) is 0 Å². The lowest BCUT2D eigenvalue weighted by Crippen LogP contribution is -2.44. The molecule has 2 unspecified atom stereocenters. The van der Waals surface area contributed by atoms with Crippen molar-refractivity contribution in [2.45, 2.75) is 360 Å². The Hall–Kier alpha value is -4.83. The second kappa shape index (κ2) is 78.9. The van der Waals surface area contributed by atoms with E-state index in [0.29, 0.717) is 17.4 Å². The van der Waals surface area contributed by atoms with E-state index >= 15 is 0 Å². The van der Waals surface area contributed by atoms with Gasteiger partial charge in [-0.3, -0.25) is 9.59 Å². The SMILES string of the molecule is CC/C=C\C/C=C\C/C=C\C/C=C\C/C=C\C/C=C\CCCCCCCCCCCCCCCCCCCCCCCCC(=O)OC(COC(=O)CCCCCCCCCCCCCCCC/C=C\C/C=C\C/C=C\C/C=C\C/C=C\C/C=C\CC)COC(OCC[N+](C)(C)C)C(=O)[O-]. The minimum absolute atomic E-state index is 0.145. The maximum Gasteiger partial charge on any atom is 0.306 e. The van der Waals surface area contributed by atoms with E-state index in [9.17, 15) is 19.5 Å². The van der Waals surface area contributed by atoms with Gasteiger partial charge in [-0.05, 0) is 116 Å². The number of carboxylic acids is 1. The van der Waals surface area contributed by atoms with Gasteiger partial charge in [0.25, 0.3) is 0 Å². The first kappa shape index (κ1) is 94.2. The maximum atomic E-state index is 13.0. The van der Waals surface area contributed by atoms with Gasteiger partial charge in [0.15, 0.2) is 12.4 Å². The number of aliphatic carboxylic acids is 1. The summed E-state index contributed by atoms with van der Waals surface area (Å²) in [5.41, 5.74) is 0. The van der Waals surface area contributed by atoms with Crippen molar-refractivity contribution in [1.29, 1.82) is 0 Å². The lowest BCUT2D eigenvalue weighted by Gasteiger charge is -2.26. The van der Waals surface area contributed by atoms with Crippen LogP contribution in [0.1, 0.15) is 348 Å². The van der Waals surface area contributed by atoms with E-state index in [0.717, 1.165) is 109 Å². The Morgan fingerprint density at radius 3 is 0.808 bits per heavy atom. The van der Waals surface area contributed by atoms with Crippen LogP contribution in [0.2, 0.25) is 0 Å². The molecule has 0 aliphatic carbocycles. The molecule has 0 radical (unpaired) electrons. The highest BCUT2D eigenvalue weighted by Gasteiger charge is 2.22. The fourth-order valence-electron chi connectivity index (χ4n) is 11.4. The third-order valence-corrected chi connectivity index (χ3v) is 17.6. The van der Waals surface area contributed by atoms with Gasteiger partial charge in [-0.2, -0.15) is 0 Å². The highest BCUT2D eigenvalue weighted by atomic mass is 16.7. The molecule has 0 amide bonds. The minimum atomic E-state index is -1.63. The Bertz CT molecular complexity index is 2150. The Morgan fingerprint density at radius 1 is 0.303 bits per heavy atom. The zero-order chi connectivity index (χ0) is 71.8. The largest absolute Gasteiger partial charge is 0.545 e. The van der Waals surface area contributed by atoms with E-state index in [1.807, 2.05) is 21.1 Å². The molecule has 9 nitrogen and oxygen atoms in total. The molecule has 0 bridgehead atoms. The number of unbranched alkanes of at least 4 members (excludes halogenated alkanes) is 36. The van der Waals surface area contributed by atoms with E-state index in [1.54, 1.807) is 0 Å². The third kappa shape index (κ3) is 80.4. The van der Waals surface area contributed by atoms with Crippen molar-refractivity contribution in [1.82, 2.24) is 0 Å². The van der Waals surface area contributed by atoms with Crippen LogP contribution in [0.5, 0.6) is 0 Å². The lowest BCUT2D eigenvalue weighted by molar-refractivity contribution is -0.870. The van der Waals surface area contributed by atoms with Gasteiger partial charge >= 0.3 is 11.9 Å². The number of ether oxygens (including phenoxy) is 4. The smallest absolute Gasteiger partial charge is 0.306 e. The van der Waals surface area contributed by atoms with Crippen LogP contribution in [0.3, 0.4) is 0 Å². The number of rotatable bonds is 75. The van der Waals surface area contributed by atoms with Crippen molar-refractivity contribution in [2.75, 3.05) is 47.5 Å². The number of carbonyl (C=O) groups excluding carboxylic acids is 3. The molecular weight excluding hydrogens is 1220 g/mol. The summed E-state index contributed by atoms with van der Waals surface area (Å²) in [5, 5.41) is 11.9. The summed E-state index contributed by atoms with van der Waals surface area (Å²) >= 11 is 0. The fourth-order valence-corrected chi connectivity index (χ4v) is 11.4. The number of hydrogen-bond donors (Lipinski definition) is 0. The quantitative estimate of drug-likeness (QED) is 0.0195. The molecule has 0 aromatic rings. The second-order valence-corrected chi connectivity index (χ2v) is 28.3. The highest BCUT2D eigenvalue weighted by molar-refractivity contribution is 5.70. The molecule has 9 heteroatoms. The molecule has 0 fully saturated rings. The van der Waals surface area contributed by atoms with Crippen LogP contribution < -0.4 is 5.11 Å². The summed E-state index contributed by atoms with van der Waals surface area (Å²) < 4.78 is 22.9. The van der Waals surface area contributed by atoms with Crippen molar-refractivity contribution in [3.05, 3.63) is 146 Å². The van der Waals surface area contributed by atoms with E-state index in [2.05, 4.69) is 160 Å². The van der Waals surface area contributed by atoms with E-state index in [4.69, 9.17) is 18.9 Å². The standard InChI is InChI=1S/C90H153NO8/c1-6-8-10-12-14-16-18-20-22-24-26-28-30-32-34-36-38-40-41-42-43-44-45-46-47-49-51-53-55-57-59-61-63-65-67-69-71-73-75-77-79-81-88(93)99-86(85-98-90(89(94)95)96-83-82-91(3,4)5)84-97-87(92)80-78-76-74-72-70-68-66-64-62-60-58-56-54-52-50-48-39-37-35-33-31-29-27-25-23-21-19-17-15-13-11-9-7-2/h8-11,14-17,20-23,26-29,32-35,38-40,48,86,90H,6-7,12-13,18-19,24-25,30-31,36-37,41-47,49-85H2,1-5H3/b10-8-,11-9-,16-14-,17-15-,22-20-,23-21-,28-26-,29-27-,34-32-,35-33-,40-38-,48-39-. The van der Waals surface area contributed by atoms with Gasteiger partial charge in [0.1, 0.15) is 13.2 Å². The highest BCUT2D eigenvalue weighted by Crippen LogP contribution is 2.19. The lowest BCUT2D eigenvalue weighted by atomic mass is 10.0. The van der Waals surface area contributed by atoms with Crippen LogP contribution >= 0.6 is 0 Å². The van der Waals surface area contributed by atoms with Crippen LogP contribution in [0.25, 0.3) is 0 Å².